The van der Waals surface area contributed by atoms with Crippen LogP contribution in [0, 0.1) is 0 Å². The minimum absolute atomic E-state index is 0.203. The van der Waals surface area contributed by atoms with Crippen LogP contribution in [0.3, 0.4) is 0 Å². The molecular formula is C18H15BrFN3O3. The number of hydrogen-bond donors (Lipinski definition) is 1. The van der Waals surface area contributed by atoms with E-state index in [4.69, 9.17) is 4.74 Å². The van der Waals surface area contributed by atoms with E-state index in [1.54, 1.807) is 23.0 Å². The lowest BCUT2D eigenvalue weighted by Crippen LogP contribution is -2.24. The van der Waals surface area contributed by atoms with Gasteiger partial charge in [0.1, 0.15) is 18.5 Å². The molecule has 0 spiro atoms. The van der Waals surface area contributed by atoms with Gasteiger partial charge < -0.3 is 4.74 Å². The third kappa shape index (κ3) is 3.11. The number of rotatable bonds is 3. The number of aromatic nitrogens is 2. The predicted octanol–water partition coefficient (Wildman–Crippen LogP) is 3.56. The number of benzene rings is 1. The van der Waals surface area contributed by atoms with Crippen molar-refractivity contribution in [3.63, 3.8) is 0 Å². The van der Waals surface area contributed by atoms with Crippen LogP contribution in [-0.4, -0.2) is 38.7 Å². The third-order valence-electron chi connectivity index (χ3n) is 4.26. The SMILES string of the molecule is O=C1CO[C@H](c2cn(-c3ccc(Br)cc3)nc2C2=CCC(F)C=C2)N1O. The second-order valence-electron chi connectivity index (χ2n) is 6.03. The summed E-state index contributed by atoms with van der Waals surface area (Å²) in [4.78, 5) is 11.6. The maximum atomic E-state index is 13.4. The molecule has 1 aliphatic carbocycles. The Labute approximate surface area is 157 Å². The van der Waals surface area contributed by atoms with Crippen LogP contribution in [0.5, 0.6) is 0 Å². The van der Waals surface area contributed by atoms with Gasteiger partial charge in [0.05, 0.1) is 5.69 Å². The smallest absolute Gasteiger partial charge is 0.274 e. The van der Waals surface area contributed by atoms with E-state index in [1.807, 2.05) is 24.3 Å². The van der Waals surface area contributed by atoms with Gasteiger partial charge >= 0.3 is 0 Å². The first-order valence-electron chi connectivity index (χ1n) is 8.04. The average Bonchev–Trinajstić information content (AvgIpc) is 3.21. The molecule has 1 aliphatic heterocycles. The molecule has 1 fully saturated rings. The number of carbonyl (C=O) groups is 1. The van der Waals surface area contributed by atoms with Crippen LogP contribution in [0.2, 0.25) is 0 Å². The van der Waals surface area contributed by atoms with Crippen LogP contribution >= 0.6 is 15.9 Å². The first kappa shape index (κ1) is 17.1. The fourth-order valence-electron chi connectivity index (χ4n) is 2.93. The van der Waals surface area contributed by atoms with E-state index < -0.39 is 18.3 Å². The molecule has 1 aromatic heterocycles. The number of hydrogen-bond acceptors (Lipinski definition) is 4. The Morgan fingerprint density at radius 2 is 2.08 bits per heavy atom. The van der Waals surface area contributed by atoms with E-state index in [-0.39, 0.29) is 13.0 Å². The first-order valence-corrected chi connectivity index (χ1v) is 8.83. The molecule has 6 nitrogen and oxygen atoms in total. The van der Waals surface area contributed by atoms with E-state index in [9.17, 15) is 14.4 Å². The quantitative estimate of drug-likeness (QED) is 0.772. The average molecular weight is 420 g/mol. The van der Waals surface area contributed by atoms with Crippen LogP contribution in [-0.2, 0) is 9.53 Å². The zero-order valence-corrected chi connectivity index (χ0v) is 15.1. The van der Waals surface area contributed by atoms with Crippen LogP contribution in [0.4, 0.5) is 4.39 Å². The Kier molecular flexibility index (Phi) is 4.47. The Bertz CT molecular complexity index is 907. The molecule has 1 unspecified atom stereocenters. The zero-order chi connectivity index (χ0) is 18.3. The van der Waals surface area contributed by atoms with Crippen molar-refractivity contribution in [2.24, 2.45) is 0 Å². The van der Waals surface area contributed by atoms with E-state index in [0.717, 1.165) is 15.7 Å². The van der Waals surface area contributed by atoms with Gasteiger partial charge in [-0.3, -0.25) is 10.0 Å². The highest BCUT2D eigenvalue weighted by Gasteiger charge is 2.36. The molecule has 0 saturated carbocycles. The Morgan fingerprint density at radius 3 is 2.69 bits per heavy atom. The minimum Gasteiger partial charge on any atom is -0.342 e. The number of alkyl halides is 1. The number of nitrogens with zero attached hydrogens (tertiary/aromatic N) is 3. The molecule has 0 bridgehead atoms. The predicted molar refractivity (Wildman–Crippen MR) is 95.2 cm³/mol. The Balaban J connectivity index is 1.79. The van der Waals surface area contributed by atoms with Gasteiger partial charge in [0.2, 0.25) is 0 Å². The molecule has 2 atom stereocenters. The van der Waals surface area contributed by atoms with Crippen molar-refractivity contribution in [1.29, 1.82) is 0 Å². The molecule has 1 amide bonds. The third-order valence-corrected chi connectivity index (χ3v) is 4.79. The molecule has 1 N–H and O–H groups in total. The molecule has 0 radical (unpaired) electrons. The largest absolute Gasteiger partial charge is 0.342 e. The van der Waals surface area contributed by atoms with Gasteiger partial charge in [-0.15, -0.1) is 0 Å². The monoisotopic (exact) mass is 419 g/mol. The van der Waals surface area contributed by atoms with Crippen molar-refractivity contribution in [2.75, 3.05) is 6.61 Å². The van der Waals surface area contributed by atoms with Crippen LogP contribution < -0.4 is 0 Å². The van der Waals surface area contributed by atoms with E-state index in [0.29, 0.717) is 16.3 Å². The lowest BCUT2D eigenvalue weighted by atomic mass is 10.0. The number of ether oxygens (including phenoxy) is 1. The Hall–Kier alpha value is -2.29. The second kappa shape index (κ2) is 6.79. The molecule has 4 rings (SSSR count). The summed E-state index contributed by atoms with van der Waals surface area (Å²) in [6, 6.07) is 7.53. The summed E-state index contributed by atoms with van der Waals surface area (Å²) in [6.45, 7) is -0.203. The molecule has 1 aromatic carbocycles. The highest BCUT2D eigenvalue weighted by molar-refractivity contribution is 9.10. The van der Waals surface area contributed by atoms with E-state index in [2.05, 4.69) is 21.0 Å². The fourth-order valence-corrected chi connectivity index (χ4v) is 3.19. The molecule has 26 heavy (non-hydrogen) atoms. The van der Waals surface area contributed by atoms with E-state index >= 15 is 0 Å². The molecule has 134 valence electrons. The molecule has 8 heteroatoms. The summed E-state index contributed by atoms with van der Waals surface area (Å²) in [6.07, 6.45) is 4.87. The lowest BCUT2D eigenvalue weighted by Gasteiger charge is -2.17. The number of carbonyl (C=O) groups excluding carboxylic acids is 1. The van der Waals surface area contributed by atoms with Crippen LogP contribution in [0.25, 0.3) is 11.3 Å². The van der Waals surface area contributed by atoms with Crippen LogP contribution in [0.1, 0.15) is 23.9 Å². The van der Waals surface area contributed by atoms with Crippen molar-refractivity contribution in [3.05, 3.63) is 64.4 Å². The first-order chi connectivity index (χ1) is 12.5. The number of amides is 1. The van der Waals surface area contributed by atoms with Crippen molar-refractivity contribution in [2.45, 2.75) is 18.8 Å². The van der Waals surface area contributed by atoms with Gasteiger partial charge in [-0.2, -0.15) is 10.2 Å². The molecule has 2 aromatic rings. The summed E-state index contributed by atoms with van der Waals surface area (Å²) in [5.74, 6) is -0.519. The summed E-state index contributed by atoms with van der Waals surface area (Å²) in [5.41, 5.74) is 2.60. The second-order valence-corrected chi connectivity index (χ2v) is 6.94. The maximum Gasteiger partial charge on any atom is 0.274 e. The number of hydroxylamine groups is 2. The fraction of sp³-hybridized carbons (Fsp3) is 0.222. The lowest BCUT2D eigenvalue weighted by molar-refractivity contribution is -0.179. The summed E-state index contributed by atoms with van der Waals surface area (Å²) >= 11 is 3.39. The summed E-state index contributed by atoms with van der Waals surface area (Å²) < 4.78 is 21.4. The summed E-state index contributed by atoms with van der Waals surface area (Å²) in [7, 11) is 0. The molecule has 1 saturated heterocycles. The normalized spacial score (nSPS) is 22.8. The maximum absolute atomic E-state index is 13.4. The van der Waals surface area contributed by atoms with Crippen molar-refractivity contribution in [1.82, 2.24) is 14.8 Å². The minimum atomic E-state index is -1.02. The van der Waals surface area contributed by atoms with Crippen molar-refractivity contribution < 1.29 is 19.1 Å². The van der Waals surface area contributed by atoms with E-state index in [1.165, 1.54) is 6.08 Å². The number of allylic oxidation sites excluding steroid dienone is 4. The standard InChI is InChI=1S/C18H15BrFN3O3/c19-12-3-7-14(8-4-12)22-9-15(18-23(25)16(24)10-26-18)17(21-22)11-1-5-13(20)6-2-11/h1-5,7-9,13,18,25H,6,10H2/t13?,18-/m1/s1. The van der Waals surface area contributed by atoms with Gasteiger partial charge in [-0.1, -0.05) is 28.1 Å². The van der Waals surface area contributed by atoms with Gasteiger partial charge in [-0.25, -0.2) is 9.07 Å². The molecule has 2 aliphatic rings. The topological polar surface area (TPSA) is 67.6 Å². The molecule has 2 heterocycles. The van der Waals surface area contributed by atoms with Gasteiger partial charge in [0, 0.05) is 22.7 Å². The molecular weight excluding hydrogens is 405 g/mol. The van der Waals surface area contributed by atoms with Crippen LogP contribution in [0.15, 0.2) is 53.2 Å². The van der Waals surface area contributed by atoms with Crippen molar-refractivity contribution >= 4 is 27.4 Å². The van der Waals surface area contributed by atoms with Gasteiger partial charge in [0.25, 0.3) is 5.91 Å². The number of halogens is 2. The van der Waals surface area contributed by atoms with Gasteiger partial charge in [-0.05, 0) is 35.9 Å². The zero-order valence-electron chi connectivity index (χ0n) is 13.5. The Morgan fingerprint density at radius 1 is 1.31 bits per heavy atom. The highest BCUT2D eigenvalue weighted by Crippen LogP contribution is 2.34. The van der Waals surface area contributed by atoms with Crippen molar-refractivity contribution in [3.8, 4) is 5.69 Å². The van der Waals surface area contributed by atoms with Gasteiger partial charge in [0.15, 0.2) is 6.23 Å². The summed E-state index contributed by atoms with van der Waals surface area (Å²) in [5, 5.41) is 15.2. The highest BCUT2D eigenvalue weighted by atomic mass is 79.9.